The fourth-order valence-electron chi connectivity index (χ4n) is 2.81. The lowest BCUT2D eigenvalue weighted by atomic mass is 9.95. The van der Waals surface area contributed by atoms with Crippen LogP contribution in [0.25, 0.3) is 10.9 Å². The Labute approximate surface area is 115 Å². The molecule has 4 heteroatoms. The Morgan fingerprint density at radius 3 is 2.50 bits per heavy atom. The molecule has 1 atom stereocenters. The Balaban J connectivity index is 1.99. The number of nitrogens with one attached hydrogen (secondary N) is 3. The average molecular weight is 263 g/mol. The van der Waals surface area contributed by atoms with Crippen molar-refractivity contribution in [2.75, 3.05) is 0 Å². The highest BCUT2D eigenvalue weighted by Gasteiger charge is 2.29. The molecular formula is C16H13N3O. The molecule has 98 valence electrons. The molecule has 0 radical (unpaired) electrons. The number of H-pyrrole nitrogens is 1. The fraction of sp³-hybridized carbons (Fsp3) is 0.0625. The Hall–Kier alpha value is -2.59. The van der Waals surface area contributed by atoms with Crippen LogP contribution in [0, 0.1) is 0 Å². The maximum absolute atomic E-state index is 12.0. The van der Waals surface area contributed by atoms with E-state index in [1.165, 1.54) is 0 Å². The van der Waals surface area contributed by atoms with Crippen molar-refractivity contribution in [3.8, 4) is 0 Å². The van der Waals surface area contributed by atoms with Crippen LogP contribution < -0.4 is 10.9 Å². The summed E-state index contributed by atoms with van der Waals surface area (Å²) in [4.78, 5) is 15.2. The zero-order valence-electron chi connectivity index (χ0n) is 10.7. The van der Waals surface area contributed by atoms with Gasteiger partial charge in [0, 0.05) is 16.5 Å². The Morgan fingerprint density at radius 2 is 1.65 bits per heavy atom. The number of rotatable bonds is 1. The minimum atomic E-state index is -0.122. The SMILES string of the molecule is O=C1NNC(c2ccccc2)c2c1[nH]c1ccccc21. The normalized spacial score (nSPS) is 17.8. The van der Waals surface area contributed by atoms with Gasteiger partial charge in [0.15, 0.2) is 0 Å². The minimum absolute atomic E-state index is 0.0416. The van der Waals surface area contributed by atoms with Crippen LogP contribution in [-0.4, -0.2) is 10.9 Å². The summed E-state index contributed by atoms with van der Waals surface area (Å²) < 4.78 is 0. The first-order valence-corrected chi connectivity index (χ1v) is 6.56. The Kier molecular flexibility index (Phi) is 2.37. The lowest BCUT2D eigenvalue weighted by Gasteiger charge is -2.25. The second kappa shape index (κ2) is 4.21. The van der Waals surface area contributed by atoms with Crippen molar-refractivity contribution in [1.29, 1.82) is 0 Å². The molecular weight excluding hydrogens is 250 g/mol. The molecule has 20 heavy (non-hydrogen) atoms. The first-order valence-electron chi connectivity index (χ1n) is 6.56. The Bertz CT molecular complexity index is 792. The lowest BCUT2D eigenvalue weighted by Crippen LogP contribution is -2.45. The number of carbonyl (C=O) groups excluding carboxylic acids is 1. The van der Waals surface area contributed by atoms with Crippen molar-refractivity contribution >= 4 is 16.8 Å². The summed E-state index contributed by atoms with van der Waals surface area (Å²) in [6, 6.07) is 18.1. The molecule has 0 saturated carbocycles. The number of hydrogen-bond acceptors (Lipinski definition) is 2. The van der Waals surface area contributed by atoms with Crippen molar-refractivity contribution in [3.63, 3.8) is 0 Å². The summed E-state index contributed by atoms with van der Waals surface area (Å²) in [5.74, 6) is -0.122. The predicted molar refractivity (Wildman–Crippen MR) is 77.2 cm³/mol. The molecule has 1 aliphatic rings. The van der Waals surface area contributed by atoms with Gasteiger partial charge in [0.2, 0.25) is 0 Å². The topological polar surface area (TPSA) is 56.9 Å². The van der Waals surface area contributed by atoms with Crippen molar-refractivity contribution < 1.29 is 4.79 Å². The maximum Gasteiger partial charge on any atom is 0.282 e. The van der Waals surface area contributed by atoms with Gasteiger partial charge in [0.25, 0.3) is 5.91 Å². The number of carbonyl (C=O) groups is 1. The van der Waals surface area contributed by atoms with E-state index >= 15 is 0 Å². The third kappa shape index (κ3) is 1.55. The van der Waals surface area contributed by atoms with E-state index in [9.17, 15) is 4.79 Å². The lowest BCUT2D eigenvalue weighted by molar-refractivity contribution is 0.0909. The smallest absolute Gasteiger partial charge is 0.282 e. The quantitative estimate of drug-likeness (QED) is 0.632. The van der Waals surface area contributed by atoms with Gasteiger partial charge in [-0.2, -0.15) is 0 Å². The van der Waals surface area contributed by atoms with Crippen molar-refractivity contribution in [1.82, 2.24) is 15.8 Å². The number of fused-ring (bicyclic) bond motifs is 3. The van der Waals surface area contributed by atoms with Crippen molar-refractivity contribution in [2.45, 2.75) is 6.04 Å². The van der Waals surface area contributed by atoms with Crippen LogP contribution in [0.3, 0.4) is 0 Å². The second-order valence-electron chi connectivity index (χ2n) is 4.90. The molecule has 0 spiro atoms. The molecule has 1 unspecified atom stereocenters. The van der Waals surface area contributed by atoms with Crippen LogP contribution in [0.5, 0.6) is 0 Å². The molecule has 0 saturated heterocycles. The van der Waals surface area contributed by atoms with E-state index in [0.29, 0.717) is 5.69 Å². The Morgan fingerprint density at radius 1 is 0.900 bits per heavy atom. The molecule has 4 nitrogen and oxygen atoms in total. The number of hydrazine groups is 1. The second-order valence-corrected chi connectivity index (χ2v) is 4.90. The molecule has 0 aliphatic carbocycles. The standard InChI is InChI=1S/C16H13N3O/c20-16-15-13(11-8-4-5-9-12(11)17-15)14(18-19-16)10-6-2-1-3-7-10/h1-9,14,17-18H,(H,19,20). The number of aromatic nitrogens is 1. The minimum Gasteiger partial charge on any atom is -0.350 e. The van der Waals surface area contributed by atoms with Gasteiger partial charge in [-0.1, -0.05) is 48.5 Å². The van der Waals surface area contributed by atoms with Gasteiger partial charge in [0.1, 0.15) is 5.69 Å². The largest absolute Gasteiger partial charge is 0.350 e. The first kappa shape index (κ1) is 11.3. The van der Waals surface area contributed by atoms with Crippen LogP contribution in [0.2, 0.25) is 0 Å². The third-order valence-corrected chi connectivity index (χ3v) is 3.72. The van der Waals surface area contributed by atoms with Gasteiger partial charge < -0.3 is 4.98 Å². The number of para-hydroxylation sites is 1. The molecule has 2 heterocycles. The van der Waals surface area contributed by atoms with Gasteiger partial charge >= 0.3 is 0 Å². The molecule has 3 aromatic rings. The third-order valence-electron chi connectivity index (χ3n) is 3.72. The van der Waals surface area contributed by atoms with Crippen LogP contribution in [0.1, 0.15) is 27.7 Å². The zero-order valence-corrected chi connectivity index (χ0v) is 10.7. The summed E-state index contributed by atoms with van der Waals surface area (Å²) >= 11 is 0. The molecule has 4 rings (SSSR count). The van der Waals surface area contributed by atoms with E-state index < -0.39 is 0 Å². The van der Waals surface area contributed by atoms with Crippen LogP contribution in [0.4, 0.5) is 0 Å². The molecule has 0 bridgehead atoms. The van der Waals surface area contributed by atoms with Gasteiger partial charge in [-0.25, -0.2) is 5.43 Å². The van der Waals surface area contributed by atoms with E-state index in [1.54, 1.807) is 0 Å². The summed E-state index contributed by atoms with van der Waals surface area (Å²) in [6.45, 7) is 0. The number of aromatic amines is 1. The highest BCUT2D eigenvalue weighted by Crippen LogP contribution is 2.33. The molecule has 1 amide bonds. The zero-order chi connectivity index (χ0) is 13.5. The van der Waals surface area contributed by atoms with E-state index in [0.717, 1.165) is 22.0 Å². The van der Waals surface area contributed by atoms with Gasteiger partial charge in [-0.15, -0.1) is 0 Å². The highest BCUT2D eigenvalue weighted by molar-refractivity contribution is 6.02. The van der Waals surface area contributed by atoms with Crippen LogP contribution in [-0.2, 0) is 0 Å². The van der Waals surface area contributed by atoms with E-state index in [2.05, 4.69) is 28.0 Å². The highest BCUT2D eigenvalue weighted by atomic mass is 16.2. The summed E-state index contributed by atoms with van der Waals surface area (Å²) in [5.41, 5.74) is 9.58. The maximum atomic E-state index is 12.0. The number of hydrogen-bond donors (Lipinski definition) is 3. The van der Waals surface area contributed by atoms with Gasteiger partial charge in [0.05, 0.1) is 6.04 Å². The predicted octanol–water partition coefficient (Wildman–Crippen LogP) is 2.51. The van der Waals surface area contributed by atoms with E-state index in [-0.39, 0.29) is 11.9 Å². The van der Waals surface area contributed by atoms with E-state index in [4.69, 9.17) is 0 Å². The van der Waals surface area contributed by atoms with Gasteiger partial charge in [-0.3, -0.25) is 10.2 Å². The average Bonchev–Trinajstić information content (AvgIpc) is 2.89. The first-order chi connectivity index (χ1) is 9.84. The molecule has 2 aromatic carbocycles. The fourth-order valence-corrected chi connectivity index (χ4v) is 2.81. The van der Waals surface area contributed by atoms with Crippen LogP contribution in [0.15, 0.2) is 54.6 Å². The van der Waals surface area contributed by atoms with Crippen molar-refractivity contribution in [3.05, 3.63) is 71.4 Å². The van der Waals surface area contributed by atoms with Crippen molar-refractivity contribution in [2.24, 2.45) is 0 Å². The van der Waals surface area contributed by atoms with Gasteiger partial charge in [-0.05, 0) is 11.6 Å². The molecule has 1 aromatic heterocycles. The summed E-state index contributed by atoms with van der Waals surface area (Å²) in [7, 11) is 0. The van der Waals surface area contributed by atoms with E-state index in [1.807, 2.05) is 42.5 Å². The summed E-state index contributed by atoms with van der Waals surface area (Å²) in [6.07, 6.45) is 0. The number of amides is 1. The van der Waals surface area contributed by atoms with Crippen LogP contribution >= 0.6 is 0 Å². The molecule has 1 aliphatic heterocycles. The summed E-state index contributed by atoms with van der Waals surface area (Å²) in [5, 5.41) is 1.08. The molecule has 3 N–H and O–H groups in total. The monoisotopic (exact) mass is 263 g/mol. The molecule has 0 fully saturated rings. The number of benzene rings is 2.